The van der Waals surface area contributed by atoms with E-state index in [4.69, 9.17) is 4.74 Å². The minimum atomic E-state index is -1.47. The lowest BCUT2D eigenvalue weighted by Crippen LogP contribution is -2.66. The third-order valence-electron chi connectivity index (χ3n) is 8.88. The minimum absolute atomic E-state index is 0.0264. The molecule has 1 aliphatic heterocycles. The molecule has 3 saturated carbocycles. The maximum absolute atomic E-state index is 11.8. The number of esters is 1. The Kier molecular flexibility index (Phi) is 7.73. The second kappa shape index (κ2) is 10.3. The van der Waals surface area contributed by atoms with Gasteiger partial charge in [0, 0.05) is 32.7 Å². The molecule has 4 aliphatic rings. The van der Waals surface area contributed by atoms with Gasteiger partial charge < -0.3 is 14.2 Å². The highest BCUT2D eigenvalue weighted by Crippen LogP contribution is 2.59. The molecule has 0 spiro atoms. The van der Waals surface area contributed by atoms with Crippen LogP contribution >= 0.6 is 0 Å². The lowest BCUT2D eigenvalue weighted by molar-refractivity contribution is -0.143. The summed E-state index contributed by atoms with van der Waals surface area (Å²) in [6.07, 6.45) is 18.8. The molecule has 0 bridgehead atoms. The van der Waals surface area contributed by atoms with Crippen LogP contribution in [0.5, 0.6) is 0 Å². The highest BCUT2D eigenvalue weighted by Gasteiger charge is 2.57. The summed E-state index contributed by atoms with van der Waals surface area (Å²) < 4.78 is 8.30. The van der Waals surface area contributed by atoms with Crippen LogP contribution in [0, 0.1) is 0 Å². The molecule has 0 aromatic heterocycles. The van der Waals surface area contributed by atoms with Crippen molar-refractivity contribution >= 4 is 14.2 Å². The van der Waals surface area contributed by atoms with Crippen LogP contribution in [-0.4, -0.2) is 63.0 Å². The van der Waals surface area contributed by atoms with Crippen molar-refractivity contribution in [2.45, 2.75) is 107 Å². The third kappa shape index (κ3) is 4.62. The van der Waals surface area contributed by atoms with Gasteiger partial charge in [-0.25, -0.2) is 0 Å². The molecule has 29 heavy (non-hydrogen) atoms. The fourth-order valence-corrected chi connectivity index (χ4v) is 16.3. The quantitative estimate of drug-likeness (QED) is 0.392. The number of nitrogens with zero attached hydrogens (tertiary/aromatic N) is 2. The van der Waals surface area contributed by atoms with E-state index in [0.717, 1.165) is 23.2 Å². The highest BCUT2D eigenvalue weighted by atomic mass is 28.3. The Morgan fingerprint density at radius 1 is 0.793 bits per heavy atom. The summed E-state index contributed by atoms with van der Waals surface area (Å²) in [6.45, 7) is 8.18. The van der Waals surface area contributed by atoms with Crippen molar-refractivity contribution in [3.63, 3.8) is 0 Å². The molecule has 0 N–H and O–H groups in total. The van der Waals surface area contributed by atoms with E-state index >= 15 is 0 Å². The molecule has 4 nitrogen and oxygen atoms in total. The lowest BCUT2D eigenvalue weighted by atomic mass is 10.3. The SMILES string of the molecule is CCOC(=O)CCN1CCN([Si](C2CCCC2)(C2CCCC2)C2CCCC2)CC1. The van der Waals surface area contributed by atoms with E-state index in [2.05, 4.69) is 9.47 Å². The third-order valence-corrected chi connectivity index (χ3v) is 16.1. The van der Waals surface area contributed by atoms with Crippen molar-refractivity contribution in [1.29, 1.82) is 0 Å². The smallest absolute Gasteiger partial charge is 0.307 e. The summed E-state index contributed by atoms with van der Waals surface area (Å²) in [5.41, 5.74) is 3.25. The van der Waals surface area contributed by atoms with E-state index < -0.39 is 8.24 Å². The topological polar surface area (TPSA) is 32.8 Å². The zero-order valence-corrected chi connectivity index (χ0v) is 19.9. The minimum Gasteiger partial charge on any atom is -0.466 e. The van der Waals surface area contributed by atoms with Gasteiger partial charge in [0.2, 0.25) is 0 Å². The normalized spacial score (nSPS) is 26.5. The summed E-state index contributed by atoms with van der Waals surface area (Å²) in [6, 6.07) is 0. The Hall–Kier alpha value is -0.393. The second-order valence-electron chi connectivity index (χ2n) is 10.2. The van der Waals surface area contributed by atoms with Crippen LogP contribution in [-0.2, 0) is 9.53 Å². The Morgan fingerprint density at radius 3 is 1.66 bits per heavy atom. The fourth-order valence-electron chi connectivity index (χ4n) is 7.78. The first kappa shape index (κ1) is 21.8. The van der Waals surface area contributed by atoms with Crippen LogP contribution in [0.3, 0.4) is 0 Å². The van der Waals surface area contributed by atoms with Crippen molar-refractivity contribution < 1.29 is 9.53 Å². The zero-order valence-electron chi connectivity index (χ0n) is 18.9. The van der Waals surface area contributed by atoms with Gasteiger partial charge in [0.15, 0.2) is 0 Å². The number of hydrogen-bond donors (Lipinski definition) is 0. The molecule has 4 rings (SSSR count). The standard InChI is InChI=1S/C24H44N2O2Si/c1-2-28-24(27)15-16-25-17-19-26(20-18-25)29(21-9-3-4-10-21,22-11-5-6-12-22)23-13-7-8-14-23/h21-23H,2-20H2,1H3. The number of carbonyl (C=O) groups is 1. The first-order chi connectivity index (χ1) is 14.2. The molecule has 0 unspecified atom stereocenters. The summed E-state index contributed by atoms with van der Waals surface area (Å²) in [5.74, 6) is -0.0264. The number of piperazine rings is 1. The lowest BCUT2D eigenvalue weighted by Gasteiger charge is -2.56. The second-order valence-corrected chi connectivity index (χ2v) is 15.1. The average Bonchev–Trinajstić information content (AvgIpc) is 3.52. The first-order valence-electron chi connectivity index (χ1n) is 12.9. The largest absolute Gasteiger partial charge is 0.466 e. The number of carbonyl (C=O) groups excluding carboxylic acids is 1. The van der Waals surface area contributed by atoms with E-state index in [0.29, 0.717) is 13.0 Å². The van der Waals surface area contributed by atoms with Crippen molar-refractivity contribution in [1.82, 2.24) is 9.47 Å². The predicted octanol–water partition coefficient (Wildman–Crippen LogP) is 5.34. The van der Waals surface area contributed by atoms with Gasteiger partial charge in [0.05, 0.1) is 13.0 Å². The number of hydrogen-bond acceptors (Lipinski definition) is 4. The molecule has 1 heterocycles. The molecule has 5 heteroatoms. The van der Waals surface area contributed by atoms with Gasteiger partial charge in [0.25, 0.3) is 0 Å². The van der Waals surface area contributed by atoms with Crippen LogP contribution < -0.4 is 0 Å². The first-order valence-corrected chi connectivity index (χ1v) is 15.1. The number of rotatable bonds is 8. The van der Waals surface area contributed by atoms with Crippen LogP contribution in [0.1, 0.15) is 90.4 Å². The molecule has 0 atom stereocenters. The van der Waals surface area contributed by atoms with Gasteiger partial charge >= 0.3 is 5.97 Å². The molecule has 0 amide bonds. The highest BCUT2D eigenvalue weighted by molar-refractivity contribution is 6.81. The molecular weight excluding hydrogens is 376 g/mol. The maximum atomic E-state index is 11.8. The van der Waals surface area contributed by atoms with E-state index in [1.165, 1.54) is 64.7 Å². The summed E-state index contributed by atoms with van der Waals surface area (Å²) in [4.78, 5) is 14.3. The van der Waals surface area contributed by atoms with E-state index in [1.54, 1.807) is 38.5 Å². The molecule has 3 aliphatic carbocycles. The zero-order chi connectivity index (χ0) is 20.1. The summed E-state index contributed by atoms with van der Waals surface area (Å²) in [7, 11) is -1.47. The van der Waals surface area contributed by atoms with Gasteiger partial charge in [-0.05, 0) is 23.5 Å². The van der Waals surface area contributed by atoms with E-state index in [1.807, 2.05) is 6.92 Å². The van der Waals surface area contributed by atoms with Gasteiger partial charge in [0.1, 0.15) is 8.24 Å². The Balaban J connectivity index is 1.47. The average molecular weight is 421 g/mol. The molecule has 1 saturated heterocycles. The van der Waals surface area contributed by atoms with Crippen LogP contribution in [0.2, 0.25) is 16.6 Å². The maximum Gasteiger partial charge on any atom is 0.307 e. The molecule has 0 aromatic carbocycles. The van der Waals surface area contributed by atoms with Gasteiger partial charge in [-0.2, -0.15) is 0 Å². The van der Waals surface area contributed by atoms with Gasteiger partial charge in [-0.1, -0.05) is 77.0 Å². The van der Waals surface area contributed by atoms with Crippen molar-refractivity contribution in [3.8, 4) is 0 Å². The van der Waals surface area contributed by atoms with Crippen molar-refractivity contribution in [2.75, 3.05) is 39.3 Å². The molecule has 4 fully saturated rings. The van der Waals surface area contributed by atoms with Crippen molar-refractivity contribution in [3.05, 3.63) is 0 Å². The van der Waals surface area contributed by atoms with Crippen LogP contribution in [0.4, 0.5) is 0 Å². The Labute approximate surface area is 179 Å². The monoisotopic (exact) mass is 420 g/mol. The van der Waals surface area contributed by atoms with Crippen LogP contribution in [0.25, 0.3) is 0 Å². The molecular formula is C24H44N2O2Si. The number of ether oxygens (including phenoxy) is 1. The van der Waals surface area contributed by atoms with Gasteiger partial charge in [-0.3, -0.25) is 4.79 Å². The van der Waals surface area contributed by atoms with Crippen LogP contribution in [0.15, 0.2) is 0 Å². The molecule has 0 aromatic rings. The molecule has 166 valence electrons. The van der Waals surface area contributed by atoms with E-state index in [-0.39, 0.29) is 5.97 Å². The van der Waals surface area contributed by atoms with Gasteiger partial charge in [-0.15, -0.1) is 0 Å². The Morgan fingerprint density at radius 2 is 1.24 bits per heavy atom. The van der Waals surface area contributed by atoms with Crippen molar-refractivity contribution in [2.24, 2.45) is 0 Å². The Bertz CT molecular complexity index is 476. The predicted molar refractivity (Wildman–Crippen MR) is 122 cm³/mol. The molecule has 0 radical (unpaired) electrons. The summed E-state index contributed by atoms with van der Waals surface area (Å²) >= 11 is 0. The fraction of sp³-hybridized carbons (Fsp3) is 0.958. The van der Waals surface area contributed by atoms with E-state index in [9.17, 15) is 4.79 Å². The summed E-state index contributed by atoms with van der Waals surface area (Å²) in [5, 5.41) is 0.